The number of nitrogens with one attached hydrogen (secondary N) is 1. The molecule has 1 fully saturated rings. The van der Waals surface area contributed by atoms with Gasteiger partial charge in [0.2, 0.25) is 12.3 Å². The van der Waals surface area contributed by atoms with Crippen LogP contribution in [0.3, 0.4) is 0 Å². The van der Waals surface area contributed by atoms with Crippen molar-refractivity contribution in [2.24, 2.45) is 5.92 Å². The van der Waals surface area contributed by atoms with Crippen LogP contribution in [0.2, 0.25) is 0 Å². The van der Waals surface area contributed by atoms with Crippen LogP contribution in [0.25, 0.3) is 0 Å². The summed E-state index contributed by atoms with van der Waals surface area (Å²) in [6, 6.07) is 14.1. The van der Waals surface area contributed by atoms with Gasteiger partial charge in [0.1, 0.15) is 0 Å². The average Bonchev–Trinajstić information content (AvgIpc) is 2.85. The Bertz CT molecular complexity index is 908. The zero-order valence-corrected chi connectivity index (χ0v) is 20.5. The molecule has 2 amide bonds. The van der Waals surface area contributed by atoms with Crippen molar-refractivity contribution in [3.63, 3.8) is 0 Å². The first-order valence-electron chi connectivity index (χ1n) is 11.9. The Kier molecular flexibility index (Phi) is 10.00. The molecule has 8 heteroatoms. The van der Waals surface area contributed by atoms with Crippen molar-refractivity contribution in [1.82, 2.24) is 25.0 Å². The lowest BCUT2D eigenvalue weighted by Crippen LogP contribution is -2.42. The van der Waals surface area contributed by atoms with Gasteiger partial charge < -0.3 is 24.8 Å². The number of likely N-dealkylation sites (N-methyl/N-ethyl adjacent to an activating group) is 2. The Balaban J connectivity index is 1.53. The topological polar surface area (TPSA) is 78.0 Å². The van der Waals surface area contributed by atoms with E-state index in [0.29, 0.717) is 32.8 Å². The van der Waals surface area contributed by atoms with Gasteiger partial charge in [-0.3, -0.25) is 14.6 Å². The van der Waals surface area contributed by atoms with E-state index in [-0.39, 0.29) is 18.4 Å². The highest BCUT2D eigenvalue weighted by Crippen LogP contribution is 2.28. The van der Waals surface area contributed by atoms with Crippen LogP contribution in [0.4, 0.5) is 0 Å². The molecule has 0 aliphatic carbocycles. The predicted molar refractivity (Wildman–Crippen MR) is 132 cm³/mol. The first-order chi connectivity index (χ1) is 16.5. The van der Waals surface area contributed by atoms with Gasteiger partial charge in [-0.25, -0.2) is 0 Å². The van der Waals surface area contributed by atoms with Crippen LogP contribution in [-0.2, 0) is 27.3 Å². The van der Waals surface area contributed by atoms with Crippen molar-refractivity contribution in [2.45, 2.75) is 26.1 Å². The highest BCUT2D eigenvalue weighted by atomic mass is 16.5. The van der Waals surface area contributed by atoms with Crippen LogP contribution in [0.1, 0.15) is 30.0 Å². The number of hydrogen-bond acceptors (Lipinski definition) is 6. The quantitative estimate of drug-likeness (QED) is 0.481. The molecule has 3 rings (SSSR count). The number of hydrogen-bond donors (Lipinski definition) is 1. The number of carbonyl (C=O) groups is 2. The Morgan fingerprint density at radius 3 is 2.74 bits per heavy atom. The van der Waals surface area contributed by atoms with Crippen molar-refractivity contribution >= 4 is 12.3 Å². The van der Waals surface area contributed by atoms with Crippen molar-refractivity contribution in [2.75, 3.05) is 53.4 Å². The standard InChI is InChI=1S/C26H37N5O3/c1-4-30(13-12-29(2)3)25(33)17-27-16-24-15-23(10-11-28-24)26-31(20-32)18-22(19-34-26)14-21-8-6-5-7-9-21/h5-11,15,20,22,26-27H,4,12-14,16-19H2,1-3H3. The largest absolute Gasteiger partial charge is 0.354 e. The third-order valence-corrected chi connectivity index (χ3v) is 6.02. The van der Waals surface area contributed by atoms with Gasteiger partial charge >= 0.3 is 0 Å². The third-order valence-electron chi connectivity index (χ3n) is 6.02. The van der Waals surface area contributed by atoms with Crippen LogP contribution in [0.5, 0.6) is 0 Å². The fourth-order valence-corrected chi connectivity index (χ4v) is 4.16. The molecule has 0 spiro atoms. The molecule has 1 N–H and O–H groups in total. The van der Waals surface area contributed by atoms with Crippen molar-refractivity contribution < 1.29 is 14.3 Å². The second-order valence-electron chi connectivity index (χ2n) is 9.00. The smallest absolute Gasteiger partial charge is 0.236 e. The van der Waals surface area contributed by atoms with E-state index < -0.39 is 6.23 Å². The number of nitrogens with zero attached hydrogens (tertiary/aromatic N) is 4. The maximum atomic E-state index is 12.5. The summed E-state index contributed by atoms with van der Waals surface area (Å²) in [5.74, 6) is 0.333. The van der Waals surface area contributed by atoms with Gasteiger partial charge in [0.05, 0.1) is 18.8 Å². The molecule has 1 aromatic carbocycles. The van der Waals surface area contributed by atoms with E-state index in [9.17, 15) is 9.59 Å². The highest BCUT2D eigenvalue weighted by molar-refractivity contribution is 5.78. The Morgan fingerprint density at radius 2 is 2.03 bits per heavy atom. The van der Waals surface area contributed by atoms with Gasteiger partial charge in [-0.2, -0.15) is 0 Å². The van der Waals surface area contributed by atoms with E-state index >= 15 is 0 Å². The van der Waals surface area contributed by atoms with Gasteiger partial charge in [0.15, 0.2) is 6.23 Å². The maximum absolute atomic E-state index is 12.5. The molecule has 8 nitrogen and oxygen atoms in total. The minimum atomic E-state index is -0.422. The van der Waals surface area contributed by atoms with Crippen LogP contribution >= 0.6 is 0 Å². The summed E-state index contributed by atoms with van der Waals surface area (Å²) < 4.78 is 6.12. The molecular formula is C26H37N5O3. The van der Waals surface area contributed by atoms with Crippen LogP contribution in [0, 0.1) is 5.92 Å². The molecule has 2 heterocycles. The Labute approximate surface area is 202 Å². The second kappa shape index (κ2) is 13.2. The molecule has 0 saturated carbocycles. The lowest BCUT2D eigenvalue weighted by Gasteiger charge is -2.37. The molecule has 184 valence electrons. The summed E-state index contributed by atoms with van der Waals surface area (Å²) >= 11 is 0. The minimum Gasteiger partial charge on any atom is -0.354 e. The van der Waals surface area contributed by atoms with E-state index in [1.165, 1.54) is 5.56 Å². The van der Waals surface area contributed by atoms with E-state index in [1.807, 2.05) is 56.3 Å². The van der Waals surface area contributed by atoms with Gasteiger partial charge in [-0.1, -0.05) is 30.3 Å². The number of rotatable bonds is 12. The fraction of sp³-hybridized carbons (Fsp3) is 0.500. The summed E-state index contributed by atoms with van der Waals surface area (Å²) in [7, 11) is 4.00. The molecule has 1 aliphatic heterocycles. The molecule has 1 aromatic heterocycles. The zero-order chi connectivity index (χ0) is 24.3. The molecule has 34 heavy (non-hydrogen) atoms. The van der Waals surface area contributed by atoms with Crippen LogP contribution < -0.4 is 5.32 Å². The average molecular weight is 468 g/mol. The summed E-state index contributed by atoms with van der Waals surface area (Å²) in [5.41, 5.74) is 2.95. The maximum Gasteiger partial charge on any atom is 0.236 e. The summed E-state index contributed by atoms with van der Waals surface area (Å²) in [5, 5.41) is 3.20. The molecule has 1 aliphatic rings. The lowest BCUT2D eigenvalue weighted by atomic mass is 9.97. The van der Waals surface area contributed by atoms with E-state index in [4.69, 9.17) is 4.74 Å². The van der Waals surface area contributed by atoms with Crippen LogP contribution in [0.15, 0.2) is 48.7 Å². The van der Waals surface area contributed by atoms with Gasteiger partial charge in [-0.15, -0.1) is 0 Å². The summed E-state index contributed by atoms with van der Waals surface area (Å²) in [4.78, 5) is 34.4. The first kappa shape index (κ1) is 25.8. The van der Waals surface area contributed by atoms with Crippen molar-refractivity contribution in [1.29, 1.82) is 0 Å². The van der Waals surface area contributed by atoms with E-state index in [0.717, 1.165) is 30.6 Å². The van der Waals surface area contributed by atoms with Crippen molar-refractivity contribution in [3.8, 4) is 0 Å². The summed E-state index contributed by atoms with van der Waals surface area (Å²) in [6.45, 7) is 6.19. The normalized spacial score (nSPS) is 18.2. The van der Waals surface area contributed by atoms with E-state index in [2.05, 4.69) is 27.3 Å². The Hall–Kier alpha value is -2.81. The SMILES string of the molecule is CCN(CCN(C)C)C(=O)CNCc1cc(C2OCC(Cc3ccccc3)CN2C=O)ccn1. The molecular weight excluding hydrogens is 430 g/mol. The molecule has 2 atom stereocenters. The van der Waals surface area contributed by atoms with Crippen molar-refractivity contribution in [3.05, 3.63) is 65.5 Å². The third kappa shape index (κ3) is 7.62. The number of benzene rings is 1. The molecule has 2 unspecified atom stereocenters. The number of pyridine rings is 1. The van der Waals surface area contributed by atoms with E-state index in [1.54, 1.807) is 11.1 Å². The van der Waals surface area contributed by atoms with Gasteiger partial charge in [0.25, 0.3) is 0 Å². The zero-order valence-electron chi connectivity index (χ0n) is 20.5. The monoisotopic (exact) mass is 467 g/mol. The first-order valence-corrected chi connectivity index (χ1v) is 11.9. The Morgan fingerprint density at radius 1 is 1.24 bits per heavy atom. The lowest BCUT2D eigenvalue weighted by molar-refractivity contribution is -0.150. The predicted octanol–water partition coefficient (Wildman–Crippen LogP) is 1.93. The molecule has 1 saturated heterocycles. The molecule has 0 bridgehead atoms. The second-order valence-corrected chi connectivity index (χ2v) is 9.00. The highest BCUT2D eigenvalue weighted by Gasteiger charge is 2.29. The number of amides is 2. The molecule has 2 aromatic rings. The summed E-state index contributed by atoms with van der Waals surface area (Å²) in [6.07, 6.45) is 3.05. The number of carbonyl (C=O) groups excluding carboxylic acids is 2. The van der Waals surface area contributed by atoms with Gasteiger partial charge in [0, 0.05) is 50.4 Å². The van der Waals surface area contributed by atoms with Gasteiger partial charge in [-0.05, 0) is 45.1 Å². The van der Waals surface area contributed by atoms with Crippen LogP contribution in [-0.4, -0.2) is 85.4 Å². The molecule has 0 radical (unpaired) electrons. The number of ether oxygens (including phenoxy) is 1. The number of aromatic nitrogens is 1. The fourth-order valence-electron chi connectivity index (χ4n) is 4.16. The minimum absolute atomic E-state index is 0.0766.